The van der Waals surface area contributed by atoms with Gasteiger partial charge in [-0.05, 0) is 31.0 Å². The minimum Gasteiger partial charge on any atom is -0.489 e. The molecule has 3 rings (SSSR count). The van der Waals surface area contributed by atoms with Gasteiger partial charge in [-0.3, -0.25) is 4.79 Å². The fourth-order valence-electron chi connectivity index (χ4n) is 2.67. The zero-order valence-corrected chi connectivity index (χ0v) is 16.8. The number of aromatic nitrogens is 2. The van der Waals surface area contributed by atoms with Gasteiger partial charge in [-0.25, -0.2) is 4.98 Å². The summed E-state index contributed by atoms with van der Waals surface area (Å²) in [4.78, 5) is 20.1. The van der Waals surface area contributed by atoms with E-state index >= 15 is 0 Å². The molecule has 0 fully saturated rings. The van der Waals surface area contributed by atoms with Crippen LogP contribution >= 0.6 is 13.5 Å². The lowest BCUT2D eigenvalue weighted by Gasteiger charge is -2.13. The molecule has 11 heteroatoms. The first-order chi connectivity index (χ1) is 13.6. The number of ether oxygens (including phenoxy) is 1. The van der Waals surface area contributed by atoms with Crippen molar-refractivity contribution in [2.75, 3.05) is 42.3 Å². The molecule has 7 N–H and O–H groups in total. The van der Waals surface area contributed by atoms with Gasteiger partial charge in [0.15, 0.2) is 0 Å². The third-order valence-electron chi connectivity index (χ3n) is 4.13. The van der Waals surface area contributed by atoms with Crippen LogP contribution in [0.3, 0.4) is 0 Å². The maximum atomic E-state index is 11.6. The summed E-state index contributed by atoms with van der Waals surface area (Å²) < 4.78 is 5.54. The Morgan fingerprint density at radius 1 is 1.38 bits per heavy atom. The predicted octanol–water partition coefficient (Wildman–Crippen LogP) is 0.781. The van der Waals surface area contributed by atoms with E-state index in [0.717, 1.165) is 12.1 Å². The molecule has 10 nitrogen and oxygen atoms in total. The second-order valence-electron chi connectivity index (χ2n) is 6.36. The number of unbranched alkanes of at least 4 members (excludes halogenated alkanes) is 1. The van der Waals surface area contributed by atoms with Crippen molar-refractivity contribution >= 4 is 42.5 Å². The van der Waals surface area contributed by atoms with Crippen LogP contribution in [0.15, 0.2) is 24.4 Å². The summed E-state index contributed by atoms with van der Waals surface area (Å²) in [5.74, 6) is 0.658. The highest BCUT2D eigenvalue weighted by atomic mass is 32.1. The van der Waals surface area contributed by atoms with Gasteiger partial charge in [0.1, 0.15) is 24.3 Å². The lowest BCUT2D eigenvalue weighted by atomic mass is 10.2. The van der Waals surface area contributed by atoms with Crippen LogP contribution in [0.1, 0.15) is 23.2 Å². The molecule has 2 heterocycles. The Morgan fingerprint density at radius 3 is 2.97 bits per heavy atom. The van der Waals surface area contributed by atoms with Gasteiger partial charge in [-0.2, -0.15) is 18.5 Å². The molecule has 1 aromatic heterocycles. The number of hydrogen-bond donors (Lipinski definition) is 6. The second-order valence-corrected chi connectivity index (χ2v) is 6.36. The number of aliphatic hydroxyl groups excluding tert-OH is 2. The maximum absolute atomic E-state index is 11.6. The number of nitrogens with zero attached hydrogens (tertiary/aromatic N) is 2. The molecule has 0 bridgehead atoms. The van der Waals surface area contributed by atoms with Gasteiger partial charge >= 0.3 is 0 Å². The smallest absolute Gasteiger partial charge is 0.254 e. The third-order valence-corrected chi connectivity index (χ3v) is 4.13. The number of nitrogens with one attached hydrogen (secondary N) is 3. The minimum absolute atomic E-state index is 0. The maximum Gasteiger partial charge on any atom is 0.254 e. The normalized spacial score (nSPS) is 15.0. The molecule has 1 aromatic carbocycles. The molecule has 0 radical (unpaired) electrons. The zero-order valence-electron chi connectivity index (χ0n) is 15.8. The largest absolute Gasteiger partial charge is 0.489 e. The summed E-state index contributed by atoms with van der Waals surface area (Å²) in [7, 11) is 0. The number of fused-ring (bicyclic) bond motifs is 1. The number of anilines is 4. The van der Waals surface area contributed by atoms with Gasteiger partial charge in [0.05, 0.1) is 11.3 Å². The number of rotatable bonds is 8. The Balaban J connectivity index is 0.00000300. The summed E-state index contributed by atoms with van der Waals surface area (Å²) in [6, 6.07) is 5.42. The highest BCUT2D eigenvalue weighted by Gasteiger charge is 2.16. The molecule has 0 saturated carbocycles. The SMILES string of the molecule is NC(=O)c1cnc(Nc2ccc3c(c2)NC[C@H](O)CO3)nc1NCCCCO.S. The average molecular weight is 423 g/mol. The highest BCUT2D eigenvalue weighted by molar-refractivity contribution is 7.59. The van der Waals surface area contributed by atoms with Gasteiger partial charge in [0.2, 0.25) is 5.95 Å². The monoisotopic (exact) mass is 422 g/mol. The van der Waals surface area contributed by atoms with Gasteiger partial charge in [-0.15, -0.1) is 0 Å². The van der Waals surface area contributed by atoms with Crippen LogP contribution in [0, 0.1) is 0 Å². The lowest BCUT2D eigenvalue weighted by molar-refractivity contribution is 0.100. The molecular formula is C18H26N6O4S. The Kier molecular flexibility index (Phi) is 8.31. The van der Waals surface area contributed by atoms with E-state index in [1.54, 1.807) is 12.1 Å². The first-order valence-corrected chi connectivity index (χ1v) is 9.04. The summed E-state index contributed by atoms with van der Waals surface area (Å²) in [6.45, 7) is 1.27. The van der Waals surface area contributed by atoms with Gasteiger partial charge < -0.3 is 36.6 Å². The number of hydrogen-bond acceptors (Lipinski definition) is 9. The van der Waals surface area contributed by atoms with E-state index in [4.69, 9.17) is 15.6 Å². The van der Waals surface area contributed by atoms with Crippen molar-refractivity contribution in [2.24, 2.45) is 5.73 Å². The number of nitrogens with two attached hydrogens (primary N) is 1. The molecule has 0 unspecified atom stereocenters. The number of carbonyl (C=O) groups excluding carboxylic acids is 1. The van der Waals surface area contributed by atoms with E-state index in [9.17, 15) is 9.90 Å². The Bertz CT molecular complexity index is 838. The van der Waals surface area contributed by atoms with E-state index in [-0.39, 0.29) is 32.3 Å². The molecule has 0 saturated heterocycles. The zero-order chi connectivity index (χ0) is 19.9. The van der Waals surface area contributed by atoms with Crippen LogP contribution in [-0.2, 0) is 0 Å². The summed E-state index contributed by atoms with van der Waals surface area (Å²) in [6.07, 6.45) is 2.17. The van der Waals surface area contributed by atoms with Crippen molar-refractivity contribution in [3.05, 3.63) is 30.0 Å². The molecular weight excluding hydrogens is 396 g/mol. The van der Waals surface area contributed by atoms with Gasteiger partial charge in [0, 0.05) is 31.6 Å². The molecule has 1 atom stereocenters. The third kappa shape index (κ3) is 6.11. The topological polar surface area (TPSA) is 155 Å². The fraction of sp³-hybridized carbons (Fsp3) is 0.389. The van der Waals surface area contributed by atoms with Crippen molar-refractivity contribution < 1.29 is 19.7 Å². The number of primary amides is 1. The van der Waals surface area contributed by atoms with Crippen LogP contribution in [0.5, 0.6) is 5.75 Å². The van der Waals surface area contributed by atoms with E-state index in [1.807, 2.05) is 6.07 Å². The minimum atomic E-state index is -0.624. The number of β-amino-alcohol motifs (C(OH)–C–C–N with tert-alkyl or cyclic N) is 1. The molecule has 1 aliphatic rings. The molecule has 2 aromatic rings. The number of benzene rings is 1. The van der Waals surface area contributed by atoms with E-state index in [0.29, 0.717) is 42.7 Å². The second kappa shape index (κ2) is 10.7. The first kappa shape index (κ1) is 22.5. The molecule has 29 heavy (non-hydrogen) atoms. The number of carbonyl (C=O) groups is 1. The van der Waals surface area contributed by atoms with E-state index in [2.05, 4.69) is 25.9 Å². The standard InChI is InChI=1S/C18H24N6O4.H2S/c19-16(27)13-9-22-18(24-17(13)20-5-1-2-6-25)23-11-3-4-15-14(7-11)21-8-12(26)10-28-15;/h3-4,7,9,12,21,25-26H,1-2,5-6,8,10H2,(H2,19,27)(H2,20,22,23,24);1H2/t12-;/m0./s1. The number of amides is 1. The summed E-state index contributed by atoms with van der Waals surface area (Å²) in [5, 5.41) is 27.8. The quantitative estimate of drug-likeness (QED) is 0.339. The van der Waals surface area contributed by atoms with Crippen molar-refractivity contribution in [1.29, 1.82) is 0 Å². The van der Waals surface area contributed by atoms with Crippen molar-refractivity contribution in [2.45, 2.75) is 18.9 Å². The van der Waals surface area contributed by atoms with Crippen LogP contribution in [-0.4, -0.2) is 58.5 Å². The Hall–Kier alpha value is -2.76. The van der Waals surface area contributed by atoms with Crippen LogP contribution < -0.4 is 26.4 Å². The molecule has 0 spiro atoms. The van der Waals surface area contributed by atoms with Crippen molar-refractivity contribution in [3.8, 4) is 5.75 Å². The lowest BCUT2D eigenvalue weighted by Crippen LogP contribution is -2.23. The average Bonchev–Trinajstić information content (AvgIpc) is 2.87. The van der Waals surface area contributed by atoms with Crippen molar-refractivity contribution in [1.82, 2.24) is 9.97 Å². The first-order valence-electron chi connectivity index (χ1n) is 9.04. The van der Waals surface area contributed by atoms with E-state index < -0.39 is 12.0 Å². The van der Waals surface area contributed by atoms with Crippen molar-refractivity contribution in [3.63, 3.8) is 0 Å². The Morgan fingerprint density at radius 2 is 2.21 bits per heavy atom. The molecule has 1 amide bonds. The predicted molar refractivity (Wildman–Crippen MR) is 115 cm³/mol. The summed E-state index contributed by atoms with van der Waals surface area (Å²) in [5.41, 5.74) is 7.04. The number of aliphatic hydroxyl groups is 2. The van der Waals surface area contributed by atoms with Crippen LogP contribution in [0.25, 0.3) is 0 Å². The molecule has 1 aliphatic heterocycles. The van der Waals surface area contributed by atoms with Gasteiger partial charge in [0.25, 0.3) is 5.91 Å². The fourth-order valence-corrected chi connectivity index (χ4v) is 2.67. The van der Waals surface area contributed by atoms with Gasteiger partial charge in [-0.1, -0.05) is 0 Å². The molecule has 158 valence electrons. The summed E-state index contributed by atoms with van der Waals surface area (Å²) >= 11 is 0. The highest BCUT2D eigenvalue weighted by Crippen LogP contribution is 2.30. The Labute approximate surface area is 175 Å². The van der Waals surface area contributed by atoms with Crippen LogP contribution in [0.4, 0.5) is 23.1 Å². The van der Waals surface area contributed by atoms with E-state index in [1.165, 1.54) is 6.20 Å². The molecule has 0 aliphatic carbocycles. The van der Waals surface area contributed by atoms with Crippen LogP contribution in [0.2, 0.25) is 0 Å².